The van der Waals surface area contributed by atoms with E-state index in [0.717, 1.165) is 36.3 Å². The number of hydrogen-bond donors (Lipinski definition) is 3. The molecule has 31 heavy (non-hydrogen) atoms. The van der Waals surface area contributed by atoms with Crippen molar-refractivity contribution in [3.63, 3.8) is 0 Å². The van der Waals surface area contributed by atoms with Crippen LogP contribution in [0.25, 0.3) is 0 Å². The Labute approximate surface area is 182 Å². The second-order valence-corrected chi connectivity index (χ2v) is 8.59. The summed E-state index contributed by atoms with van der Waals surface area (Å²) in [6.45, 7) is 3.72. The van der Waals surface area contributed by atoms with Gasteiger partial charge in [-0.05, 0) is 43.9 Å². The molecule has 8 heteroatoms. The monoisotopic (exact) mass is 432 g/mol. The Morgan fingerprint density at radius 3 is 2.77 bits per heavy atom. The van der Waals surface area contributed by atoms with Crippen molar-refractivity contribution in [3.05, 3.63) is 23.8 Å². The summed E-state index contributed by atoms with van der Waals surface area (Å²) in [5.74, 6) is 0.698. The summed E-state index contributed by atoms with van der Waals surface area (Å²) in [6.07, 6.45) is 2.17. The van der Waals surface area contributed by atoms with Crippen molar-refractivity contribution in [1.29, 1.82) is 0 Å². The van der Waals surface area contributed by atoms with Crippen LogP contribution in [0.3, 0.4) is 0 Å². The molecular formula is C23H32N2O6. The molecule has 3 N–H and O–H groups in total. The summed E-state index contributed by atoms with van der Waals surface area (Å²) < 4.78 is 17.4. The van der Waals surface area contributed by atoms with Gasteiger partial charge in [0.05, 0.1) is 19.1 Å². The molecule has 8 nitrogen and oxygen atoms in total. The third-order valence-corrected chi connectivity index (χ3v) is 6.34. The van der Waals surface area contributed by atoms with E-state index in [1.54, 1.807) is 0 Å². The van der Waals surface area contributed by atoms with Crippen LogP contribution in [0.5, 0.6) is 5.75 Å². The smallest absolute Gasteiger partial charge is 0.227 e. The third kappa shape index (κ3) is 5.02. The van der Waals surface area contributed by atoms with Gasteiger partial charge in [-0.15, -0.1) is 0 Å². The van der Waals surface area contributed by atoms with Gasteiger partial charge in [-0.2, -0.15) is 0 Å². The van der Waals surface area contributed by atoms with E-state index in [9.17, 15) is 14.7 Å². The van der Waals surface area contributed by atoms with Gasteiger partial charge in [0.25, 0.3) is 0 Å². The van der Waals surface area contributed by atoms with Crippen LogP contribution < -0.4 is 15.4 Å². The fourth-order valence-electron chi connectivity index (χ4n) is 4.71. The molecule has 0 aliphatic carbocycles. The zero-order valence-corrected chi connectivity index (χ0v) is 18.0. The predicted octanol–water partition coefficient (Wildman–Crippen LogP) is 1.96. The van der Waals surface area contributed by atoms with Gasteiger partial charge in [0.15, 0.2) is 0 Å². The molecule has 0 bridgehead atoms. The summed E-state index contributed by atoms with van der Waals surface area (Å²) in [6, 6.07) is 5.67. The number of anilines is 1. The first kappa shape index (κ1) is 22.0. The number of carbonyl (C=O) groups excluding carboxylic acids is 2. The van der Waals surface area contributed by atoms with Gasteiger partial charge in [-0.25, -0.2) is 0 Å². The Balaban J connectivity index is 1.46. The number of fused-ring (bicyclic) bond motifs is 3. The minimum atomic E-state index is -0.490. The molecule has 0 saturated carbocycles. The molecule has 1 aromatic carbocycles. The minimum Gasteiger partial charge on any atom is -0.487 e. The van der Waals surface area contributed by atoms with E-state index < -0.39 is 6.10 Å². The van der Waals surface area contributed by atoms with Crippen molar-refractivity contribution in [3.8, 4) is 5.75 Å². The van der Waals surface area contributed by atoms with Gasteiger partial charge in [-0.3, -0.25) is 9.59 Å². The van der Waals surface area contributed by atoms with Crippen molar-refractivity contribution in [2.24, 2.45) is 5.92 Å². The molecule has 0 radical (unpaired) electrons. The van der Waals surface area contributed by atoms with Crippen LogP contribution >= 0.6 is 0 Å². The molecule has 4 rings (SSSR count). The molecule has 3 aliphatic rings. The second kappa shape index (κ2) is 9.97. The van der Waals surface area contributed by atoms with E-state index in [2.05, 4.69) is 10.6 Å². The number of hydrogen-bond acceptors (Lipinski definition) is 6. The first-order valence-corrected chi connectivity index (χ1v) is 11.3. The van der Waals surface area contributed by atoms with E-state index in [-0.39, 0.29) is 48.9 Å². The standard InChI is InChI=1S/C23H32N2O6/c1-2-7-24-21(27)12-16-11-18-17-10-15(25-23(28)14-5-8-29-9-6-14)3-4-19(17)31-22(18)20(13-26)30-16/h3-4,10,14,16,18,20,22,26H,2,5-9,11-13H2,1H3,(H,24,27)(H,25,28)/t16-,18-,20-,22+/m1/s1. The quantitative estimate of drug-likeness (QED) is 0.608. The Morgan fingerprint density at radius 1 is 1.23 bits per heavy atom. The van der Waals surface area contributed by atoms with Crippen LogP contribution in [0.4, 0.5) is 5.69 Å². The largest absolute Gasteiger partial charge is 0.487 e. The summed E-state index contributed by atoms with van der Waals surface area (Å²) in [5.41, 5.74) is 1.74. The highest BCUT2D eigenvalue weighted by Crippen LogP contribution is 2.47. The molecule has 4 atom stereocenters. The van der Waals surface area contributed by atoms with Crippen LogP contribution in [0.2, 0.25) is 0 Å². The Morgan fingerprint density at radius 2 is 2.03 bits per heavy atom. The van der Waals surface area contributed by atoms with Crippen LogP contribution in [0.1, 0.15) is 50.5 Å². The highest BCUT2D eigenvalue weighted by atomic mass is 16.6. The lowest BCUT2D eigenvalue weighted by Crippen LogP contribution is -2.47. The van der Waals surface area contributed by atoms with Gasteiger partial charge in [-0.1, -0.05) is 6.92 Å². The lowest BCUT2D eigenvalue weighted by Gasteiger charge is -2.37. The zero-order chi connectivity index (χ0) is 21.8. The maximum Gasteiger partial charge on any atom is 0.227 e. The van der Waals surface area contributed by atoms with E-state index in [0.29, 0.717) is 26.2 Å². The Bertz CT molecular complexity index is 794. The zero-order valence-electron chi connectivity index (χ0n) is 18.0. The van der Waals surface area contributed by atoms with Crippen LogP contribution in [0.15, 0.2) is 18.2 Å². The van der Waals surface area contributed by atoms with Crippen molar-refractivity contribution >= 4 is 17.5 Å². The van der Waals surface area contributed by atoms with Crippen LogP contribution in [-0.4, -0.2) is 61.6 Å². The van der Waals surface area contributed by atoms with Crippen LogP contribution in [-0.2, 0) is 19.1 Å². The minimum absolute atomic E-state index is 0.00445. The Hall–Kier alpha value is -2.16. The van der Waals surface area contributed by atoms with E-state index in [4.69, 9.17) is 14.2 Å². The molecule has 3 heterocycles. The maximum absolute atomic E-state index is 12.6. The molecule has 2 fully saturated rings. The molecular weight excluding hydrogens is 400 g/mol. The molecule has 1 aromatic rings. The van der Waals surface area contributed by atoms with Gasteiger partial charge < -0.3 is 30.0 Å². The fourth-order valence-corrected chi connectivity index (χ4v) is 4.71. The summed E-state index contributed by atoms with van der Waals surface area (Å²) in [4.78, 5) is 24.8. The molecule has 170 valence electrons. The number of carbonyl (C=O) groups is 2. The molecule has 3 aliphatic heterocycles. The summed E-state index contributed by atoms with van der Waals surface area (Å²) >= 11 is 0. The topological polar surface area (TPSA) is 106 Å². The normalized spacial score (nSPS) is 27.7. The summed E-state index contributed by atoms with van der Waals surface area (Å²) in [7, 11) is 0. The number of aliphatic hydroxyl groups is 1. The second-order valence-electron chi connectivity index (χ2n) is 8.59. The number of rotatable bonds is 7. The lowest BCUT2D eigenvalue weighted by atomic mass is 9.84. The first-order chi connectivity index (χ1) is 15.1. The van der Waals surface area contributed by atoms with Crippen molar-refractivity contribution in [2.75, 3.05) is 31.7 Å². The number of benzene rings is 1. The molecule has 0 unspecified atom stereocenters. The van der Waals surface area contributed by atoms with Gasteiger partial charge >= 0.3 is 0 Å². The highest BCUT2D eigenvalue weighted by Gasteiger charge is 2.46. The summed E-state index contributed by atoms with van der Waals surface area (Å²) in [5, 5.41) is 15.8. The predicted molar refractivity (Wildman–Crippen MR) is 114 cm³/mol. The van der Waals surface area contributed by atoms with Gasteiger partial charge in [0.1, 0.15) is 18.0 Å². The van der Waals surface area contributed by atoms with Gasteiger partial charge in [0.2, 0.25) is 11.8 Å². The third-order valence-electron chi connectivity index (χ3n) is 6.34. The lowest BCUT2D eigenvalue weighted by molar-refractivity contribution is -0.142. The van der Waals surface area contributed by atoms with E-state index in [1.165, 1.54) is 0 Å². The van der Waals surface area contributed by atoms with E-state index in [1.807, 2.05) is 25.1 Å². The highest BCUT2D eigenvalue weighted by molar-refractivity contribution is 5.92. The first-order valence-electron chi connectivity index (χ1n) is 11.3. The SMILES string of the molecule is CCCNC(=O)C[C@H]1C[C@@H]2c3cc(NC(=O)C4CCOCC4)ccc3O[C@@H]2[C@@H](CO)O1. The maximum atomic E-state index is 12.6. The number of ether oxygens (including phenoxy) is 3. The van der Waals surface area contributed by atoms with Crippen molar-refractivity contribution in [2.45, 2.75) is 63.3 Å². The number of amides is 2. The van der Waals surface area contributed by atoms with Crippen molar-refractivity contribution < 1.29 is 28.9 Å². The molecule has 2 amide bonds. The van der Waals surface area contributed by atoms with Gasteiger partial charge in [0, 0.05) is 42.8 Å². The molecule has 0 aromatic heterocycles. The number of aliphatic hydroxyl groups excluding tert-OH is 1. The molecule has 2 saturated heterocycles. The average Bonchev–Trinajstić information content (AvgIpc) is 3.15. The van der Waals surface area contributed by atoms with Crippen LogP contribution in [0, 0.1) is 5.92 Å². The number of nitrogens with one attached hydrogen (secondary N) is 2. The Kier molecular flexibility index (Phi) is 7.09. The van der Waals surface area contributed by atoms with E-state index >= 15 is 0 Å². The average molecular weight is 433 g/mol. The molecule has 0 spiro atoms. The fraction of sp³-hybridized carbons (Fsp3) is 0.652. The van der Waals surface area contributed by atoms with Crippen molar-refractivity contribution in [1.82, 2.24) is 5.32 Å².